The molecule has 4 amide bonds. The average Bonchev–Trinajstić information content (AvgIpc) is 2.97. The molecule has 1 unspecified atom stereocenters. The zero-order valence-corrected chi connectivity index (χ0v) is 25.9. The van der Waals surface area contributed by atoms with Gasteiger partial charge in [-0.25, -0.2) is 10.3 Å². The molecule has 10 nitrogen and oxygen atoms in total. The van der Waals surface area contributed by atoms with Gasteiger partial charge in [-0.15, -0.1) is 6.58 Å². The molecule has 43 heavy (non-hydrogen) atoms. The summed E-state index contributed by atoms with van der Waals surface area (Å²) in [6.07, 6.45) is 1.46. The van der Waals surface area contributed by atoms with E-state index in [0.717, 1.165) is 11.1 Å². The van der Waals surface area contributed by atoms with Gasteiger partial charge in [-0.2, -0.15) is 0 Å². The molecule has 2 aromatic carbocycles. The van der Waals surface area contributed by atoms with Crippen LogP contribution in [0.25, 0.3) is 0 Å². The molecule has 0 fully saturated rings. The summed E-state index contributed by atoms with van der Waals surface area (Å²) in [6.45, 7) is 13.4. The number of nitrogens with zero attached hydrogens (tertiary/aromatic N) is 1. The minimum atomic E-state index is -0.982. The van der Waals surface area contributed by atoms with E-state index in [2.05, 4.69) is 22.8 Å². The fourth-order valence-electron chi connectivity index (χ4n) is 4.44. The number of allylic oxidation sites excluding steroid dienone is 1. The van der Waals surface area contributed by atoms with Crippen molar-refractivity contribution in [3.8, 4) is 0 Å². The van der Waals surface area contributed by atoms with Crippen LogP contribution in [0.1, 0.15) is 58.6 Å². The van der Waals surface area contributed by atoms with Crippen LogP contribution in [-0.2, 0) is 37.2 Å². The van der Waals surface area contributed by atoms with Crippen molar-refractivity contribution in [2.24, 2.45) is 23.7 Å². The second-order valence-electron chi connectivity index (χ2n) is 11.4. The molecule has 0 saturated carbocycles. The molecule has 0 aliphatic carbocycles. The lowest BCUT2D eigenvalue weighted by atomic mass is 9.82. The van der Waals surface area contributed by atoms with E-state index in [1.807, 2.05) is 88.4 Å². The van der Waals surface area contributed by atoms with E-state index >= 15 is 0 Å². The standard InChI is InChI=1S/C33H46N4O6/c1-7-14-28(31(39)36-43-22-27-17-12-9-13-18-27)29(19-23(2)3)30(38)35-37(20-24(4)5)32(40)25(6)34-33(41)42-21-26-15-10-8-11-16-26/h7-13,15-18,23-25,28-29H,1,14,19-22H2,2-6H3,(H,34,41)(H,35,38)(H,36,39)/t25-,28?,29-/m1/s1. The molecule has 10 heteroatoms. The Hall–Kier alpha value is -4.18. The maximum atomic E-state index is 13.7. The summed E-state index contributed by atoms with van der Waals surface area (Å²) < 4.78 is 5.24. The fourth-order valence-corrected chi connectivity index (χ4v) is 4.44. The van der Waals surface area contributed by atoms with Crippen LogP contribution in [0, 0.1) is 23.7 Å². The van der Waals surface area contributed by atoms with Crippen molar-refractivity contribution in [1.82, 2.24) is 21.2 Å². The van der Waals surface area contributed by atoms with Crippen LogP contribution in [0.5, 0.6) is 0 Å². The lowest BCUT2D eigenvalue weighted by molar-refractivity contribution is -0.150. The minimum Gasteiger partial charge on any atom is -0.445 e. The van der Waals surface area contributed by atoms with Crippen LogP contribution in [0.4, 0.5) is 4.79 Å². The fraction of sp³-hybridized carbons (Fsp3) is 0.455. The molecule has 2 aromatic rings. The Balaban J connectivity index is 2.11. The smallest absolute Gasteiger partial charge is 0.408 e. The number of nitrogens with one attached hydrogen (secondary N) is 3. The monoisotopic (exact) mass is 594 g/mol. The number of hydrogen-bond acceptors (Lipinski definition) is 6. The van der Waals surface area contributed by atoms with Crippen molar-refractivity contribution in [2.45, 2.75) is 66.7 Å². The van der Waals surface area contributed by atoms with Gasteiger partial charge in [0.15, 0.2) is 0 Å². The van der Waals surface area contributed by atoms with E-state index in [-0.39, 0.29) is 38.0 Å². The van der Waals surface area contributed by atoms with Gasteiger partial charge in [0, 0.05) is 6.54 Å². The molecule has 3 N–H and O–H groups in total. The van der Waals surface area contributed by atoms with Crippen LogP contribution in [0.3, 0.4) is 0 Å². The predicted octanol–water partition coefficient (Wildman–Crippen LogP) is 4.92. The number of ether oxygens (including phenoxy) is 1. The third kappa shape index (κ3) is 12.7. The van der Waals surface area contributed by atoms with Crippen molar-refractivity contribution in [2.75, 3.05) is 6.54 Å². The highest BCUT2D eigenvalue weighted by Crippen LogP contribution is 2.25. The Kier molecular flexibility index (Phi) is 15.0. The second-order valence-corrected chi connectivity index (χ2v) is 11.4. The molecule has 234 valence electrons. The molecular formula is C33H46N4O6. The number of alkyl carbamates (subject to hydrolysis) is 1. The molecule has 2 rings (SSSR count). The third-order valence-corrected chi connectivity index (χ3v) is 6.54. The Morgan fingerprint density at radius 2 is 1.40 bits per heavy atom. The lowest BCUT2D eigenvalue weighted by Crippen LogP contribution is -2.57. The molecule has 0 radical (unpaired) electrons. The van der Waals surface area contributed by atoms with Gasteiger partial charge in [0.2, 0.25) is 11.8 Å². The zero-order chi connectivity index (χ0) is 31.8. The Morgan fingerprint density at radius 1 is 0.814 bits per heavy atom. The van der Waals surface area contributed by atoms with Gasteiger partial charge >= 0.3 is 6.09 Å². The number of carbonyl (C=O) groups excluding carboxylic acids is 4. The summed E-state index contributed by atoms with van der Waals surface area (Å²) in [7, 11) is 0. The number of hydrogen-bond donors (Lipinski definition) is 3. The normalized spacial score (nSPS) is 13.0. The van der Waals surface area contributed by atoms with E-state index in [1.54, 1.807) is 6.08 Å². The highest BCUT2D eigenvalue weighted by Gasteiger charge is 2.36. The molecular weight excluding hydrogens is 548 g/mol. The average molecular weight is 595 g/mol. The van der Waals surface area contributed by atoms with E-state index in [9.17, 15) is 19.2 Å². The van der Waals surface area contributed by atoms with Crippen LogP contribution < -0.4 is 16.2 Å². The van der Waals surface area contributed by atoms with Crippen molar-refractivity contribution >= 4 is 23.8 Å². The number of amides is 4. The van der Waals surface area contributed by atoms with Gasteiger partial charge < -0.3 is 10.1 Å². The largest absolute Gasteiger partial charge is 0.445 e. The van der Waals surface area contributed by atoms with Crippen molar-refractivity contribution in [3.63, 3.8) is 0 Å². The zero-order valence-electron chi connectivity index (χ0n) is 25.9. The Morgan fingerprint density at radius 3 is 1.93 bits per heavy atom. The maximum Gasteiger partial charge on any atom is 0.408 e. The van der Waals surface area contributed by atoms with E-state index in [0.29, 0.717) is 6.42 Å². The summed E-state index contributed by atoms with van der Waals surface area (Å²) in [5.74, 6) is -2.92. The predicted molar refractivity (Wildman–Crippen MR) is 165 cm³/mol. The van der Waals surface area contributed by atoms with Gasteiger partial charge in [0.25, 0.3) is 5.91 Å². The highest BCUT2D eigenvalue weighted by atomic mass is 16.6. The SMILES string of the molecule is C=CCC(C(=O)NOCc1ccccc1)[C@@H](CC(C)C)C(=O)NN(CC(C)C)C(=O)[C@@H](C)NC(=O)OCc1ccccc1. The number of carbonyl (C=O) groups is 4. The van der Waals surface area contributed by atoms with Crippen LogP contribution >= 0.6 is 0 Å². The van der Waals surface area contributed by atoms with Crippen molar-refractivity contribution in [1.29, 1.82) is 0 Å². The van der Waals surface area contributed by atoms with Crippen molar-refractivity contribution < 1.29 is 28.8 Å². The molecule has 0 aromatic heterocycles. The quantitative estimate of drug-likeness (QED) is 0.187. The summed E-state index contributed by atoms with van der Waals surface area (Å²) in [5, 5.41) is 3.74. The van der Waals surface area contributed by atoms with E-state index in [4.69, 9.17) is 9.57 Å². The molecule has 0 aliphatic rings. The highest BCUT2D eigenvalue weighted by molar-refractivity contribution is 5.90. The molecule has 3 atom stereocenters. The summed E-state index contributed by atoms with van der Waals surface area (Å²) in [5.41, 5.74) is 6.92. The van der Waals surface area contributed by atoms with E-state index in [1.165, 1.54) is 11.9 Å². The Bertz CT molecular complexity index is 1170. The Labute approximate surface area is 255 Å². The van der Waals surface area contributed by atoms with Crippen LogP contribution in [0.2, 0.25) is 0 Å². The number of benzene rings is 2. The van der Waals surface area contributed by atoms with Gasteiger partial charge in [-0.1, -0.05) is 94.4 Å². The lowest BCUT2D eigenvalue weighted by Gasteiger charge is -2.32. The van der Waals surface area contributed by atoms with Gasteiger partial charge in [0.1, 0.15) is 12.6 Å². The minimum absolute atomic E-state index is 0.00341. The molecule has 0 heterocycles. The summed E-state index contributed by atoms with van der Waals surface area (Å²) in [4.78, 5) is 58.2. The molecule has 0 saturated heterocycles. The van der Waals surface area contributed by atoms with Gasteiger partial charge in [0.05, 0.1) is 18.4 Å². The summed E-state index contributed by atoms with van der Waals surface area (Å²) >= 11 is 0. The molecule has 0 aliphatic heterocycles. The topological polar surface area (TPSA) is 126 Å². The van der Waals surface area contributed by atoms with E-state index < -0.39 is 41.7 Å². The summed E-state index contributed by atoms with van der Waals surface area (Å²) in [6, 6.07) is 17.6. The number of rotatable bonds is 16. The first kappa shape index (κ1) is 35.0. The number of hydroxylamine groups is 1. The molecule has 0 spiro atoms. The number of hydrazine groups is 1. The van der Waals surface area contributed by atoms with Crippen LogP contribution in [-0.4, -0.2) is 41.4 Å². The first-order valence-electron chi connectivity index (χ1n) is 14.7. The second kappa shape index (κ2) is 18.4. The van der Waals surface area contributed by atoms with Gasteiger partial charge in [-0.05, 0) is 42.7 Å². The first-order valence-corrected chi connectivity index (χ1v) is 14.7. The van der Waals surface area contributed by atoms with Crippen LogP contribution in [0.15, 0.2) is 73.3 Å². The van der Waals surface area contributed by atoms with Crippen molar-refractivity contribution in [3.05, 3.63) is 84.4 Å². The molecule has 0 bridgehead atoms. The third-order valence-electron chi connectivity index (χ3n) is 6.54. The van der Waals surface area contributed by atoms with Gasteiger partial charge in [-0.3, -0.25) is 29.7 Å². The maximum absolute atomic E-state index is 13.7. The first-order chi connectivity index (χ1) is 20.5.